The second-order valence-corrected chi connectivity index (χ2v) is 2.74. The van der Waals surface area contributed by atoms with E-state index < -0.39 is 0 Å². The van der Waals surface area contributed by atoms with Crippen molar-refractivity contribution in [3.8, 4) is 0 Å². The number of hydrogen-bond donors (Lipinski definition) is 1. The fourth-order valence-electron chi connectivity index (χ4n) is 1.28. The Bertz CT molecular complexity index is 396. The van der Waals surface area contributed by atoms with Gasteiger partial charge in [0.2, 0.25) is 0 Å². The van der Waals surface area contributed by atoms with Gasteiger partial charge in [0.05, 0.1) is 0 Å². The molecular formula is C10H11N2+. The Kier molecular flexibility index (Phi) is 1.67. The lowest BCUT2D eigenvalue weighted by molar-refractivity contribution is -0.375. The van der Waals surface area contributed by atoms with Crippen LogP contribution in [0.4, 0.5) is 5.69 Å². The molecule has 2 aromatic rings. The van der Waals surface area contributed by atoms with Crippen LogP contribution in [0, 0.1) is 0 Å². The Hall–Kier alpha value is -1.57. The Morgan fingerprint density at radius 1 is 1.17 bits per heavy atom. The number of anilines is 1. The minimum Gasteiger partial charge on any atom is -0.388 e. The molecule has 0 saturated carbocycles. The summed E-state index contributed by atoms with van der Waals surface area (Å²) in [5.41, 5.74) is 1.14. The third kappa shape index (κ3) is 1.11. The van der Waals surface area contributed by atoms with Gasteiger partial charge in [0.1, 0.15) is 0 Å². The summed E-state index contributed by atoms with van der Waals surface area (Å²) in [6.07, 6.45) is 3.93. The van der Waals surface area contributed by atoms with Gasteiger partial charge in [-0.05, 0) is 17.5 Å². The molecule has 0 spiro atoms. The summed E-state index contributed by atoms with van der Waals surface area (Å²) >= 11 is 0. The van der Waals surface area contributed by atoms with Crippen LogP contribution in [0.15, 0.2) is 36.7 Å². The normalized spacial score (nSPS) is 10.1. The molecule has 0 radical (unpaired) electrons. The molecule has 0 aliphatic rings. The highest BCUT2D eigenvalue weighted by atomic mass is 14.8. The minimum absolute atomic E-state index is 1.14. The van der Waals surface area contributed by atoms with Gasteiger partial charge >= 0.3 is 0 Å². The summed E-state index contributed by atoms with van der Waals surface area (Å²) in [4.78, 5) is 3.06. The lowest BCUT2D eigenvalue weighted by Gasteiger charge is -1.99. The number of benzene rings is 1. The Morgan fingerprint density at radius 3 is 2.92 bits per heavy atom. The molecule has 1 aromatic carbocycles. The Balaban J connectivity index is 2.67. The van der Waals surface area contributed by atoms with Gasteiger partial charge in [-0.15, -0.1) is 0 Å². The molecule has 0 aliphatic heterocycles. The van der Waals surface area contributed by atoms with Crippen molar-refractivity contribution in [1.29, 1.82) is 0 Å². The van der Waals surface area contributed by atoms with Gasteiger partial charge < -0.3 is 5.32 Å². The first kappa shape index (κ1) is 7.10. The van der Waals surface area contributed by atoms with E-state index in [4.69, 9.17) is 0 Å². The number of H-pyrrole nitrogens is 1. The van der Waals surface area contributed by atoms with E-state index in [-0.39, 0.29) is 0 Å². The van der Waals surface area contributed by atoms with E-state index in [9.17, 15) is 0 Å². The summed E-state index contributed by atoms with van der Waals surface area (Å²) in [6, 6.07) is 8.36. The minimum atomic E-state index is 1.14. The van der Waals surface area contributed by atoms with Crippen LogP contribution >= 0.6 is 0 Å². The lowest BCUT2D eigenvalue weighted by Crippen LogP contribution is -1.97. The zero-order valence-electron chi connectivity index (χ0n) is 6.96. The van der Waals surface area contributed by atoms with Gasteiger partial charge in [-0.25, -0.2) is 4.98 Å². The number of aromatic nitrogens is 1. The van der Waals surface area contributed by atoms with Crippen LogP contribution in [0.2, 0.25) is 0 Å². The van der Waals surface area contributed by atoms with Crippen molar-refractivity contribution < 1.29 is 4.98 Å². The van der Waals surface area contributed by atoms with Crippen molar-refractivity contribution in [1.82, 2.24) is 0 Å². The molecule has 2 heteroatoms. The largest absolute Gasteiger partial charge is 0.388 e. The molecule has 0 fully saturated rings. The second-order valence-electron chi connectivity index (χ2n) is 2.74. The van der Waals surface area contributed by atoms with Gasteiger partial charge in [0.15, 0.2) is 12.4 Å². The van der Waals surface area contributed by atoms with Crippen LogP contribution < -0.4 is 10.3 Å². The third-order valence-corrected chi connectivity index (χ3v) is 1.97. The van der Waals surface area contributed by atoms with Crippen LogP contribution in [0.3, 0.4) is 0 Å². The summed E-state index contributed by atoms with van der Waals surface area (Å²) in [7, 11) is 1.92. The Labute approximate surface area is 71.2 Å². The average molecular weight is 159 g/mol. The van der Waals surface area contributed by atoms with E-state index in [1.54, 1.807) is 0 Å². The smallest absolute Gasteiger partial charge is 0.174 e. The van der Waals surface area contributed by atoms with Gasteiger partial charge in [0, 0.05) is 24.2 Å². The molecule has 1 aromatic heterocycles. The fraction of sp³-hybridized carbons (Fsp3) is 0.100. The number of fused-ring (bicyclic) bond motifs is 1. The van der Waals surface area contributed by atoms with Crippen molar-refractivity contribution in [2.24, 2.45) is 0 Å². The van der Waals surface area contributed by atoms with Crippen molar-refractivity contribution in [3.63, 3.8) is 0 Å². The van der Waals surface area contributed by atoms with Crippen molar-refractivity contribution in [2.75, 3.05) is 12.4 Å². The first-order chi connectivity index (χ1) is 5.90. The molecule has 0 aliphatic carbocycles. The molecule has 60 valence electrons. The molecule has 0 atom stereocenters. The van der Waals surface area contributed by atoms with Gasteiger partial charge in [-0.1, -0.05) is 6.07 Å². The summed E-state index contributed by atoms with van der Waals surface area (Å²) in [5, 5.41) is 5.59. The van der Waals surface area contributed by atoms with E-state index in [0.717, 1.165) is 5.69 Å². The van der Waals surface area contributed by atoms with E-state index in [0.29, 0.717) is 0 Å². The van der Waals surface area contributed by atoms with Gasteiger partial charge in [0.25, 0.3) is 0 Å². The number of aromatic amines is 1. The lowest BCUT2D eigenvalue weighted by atomic mass is 10.1. The van der Waals surface area contributed by atoms with Crippen LogP contribution in [-0.2, 0) is 0 Å². The first-order valence-corrected chi connectivity index (χ1v) is 3.98. The summed E-state index contributed by atoms with van der Waals surface area (Å²) in [6.45, 7) is 0. The number of nitrogens with one attached hydrogen (secondary N) is 2. The van der Waals surface area contributed by atoms with Crippen LogP contribution in [0.1, 0.15) is 0 Å². The average Bonchev–Trinajstić information content (AvgIpc) is 2.17. The third-order valence-electron chi connectivity index (χ3n) is 1.97. The molecule has 0 saturated heterocycles. The van der Waals surface area contributed by atoms with Crippen LogP contribution in [-0.4, -0.2) is 7.05 Å². The second kappa shape index (κ2) is 2.81. The molecule has 1 heterocycles. The quantitative estimate of drug-likeness (QED) is 0.673. The predicted molar refractivity (Wildman–Crippen MR) is 50.1 cm³/mol. The monoisotopic (exact) mass is 159 g/mol. The molecule has 0 bridgehead atoms. The van der Waals surface area contributed by atoms with Gasteiger partial charge in [-0.2, -0.15) is 0 Å². The number of rotatable bonds is 1. The first-order valence-electron chi connectivity index (χ1n) is 3.98. The Morgan fingerprint density at radius 2 is 2.08 bits per heavy atom. The van der Waals surface area contributed by atoms with Crippen LogP contribution in [0.5, 0.6) is 0 Å². The molecule has 0 amide bonds. The molecular weight excluding hydrogens is 148 g/mol. The molecule has 0 unspecified atom stereocenters. The van der Waals surface area contributed by atoms with E-state index in [1.807, 2.05) is 19.4 Å². The molecule has 2 nitrogen and oxygen atoms in total. The predicted octanol–water partition coefficient (Wildman–Crippen LogP) is 1.70. The van der Waals surface area contributed by atoms with Gasteiger partial charge in [-0.3, -0.25) is 0 Å². The maximum absolute atomic E-state index is 3.11. The number of hydrogen-bond acceptors (Lipinski definition) is 1. The summed E-state index contributed by atoms with van der Waals surface area (Å²) in [5.74, 6) is 0. The maximum atomic E-state index is 3.11. The highest BCUT2D eigenvalue weighted by Gasteiger charge is 1.95. The highest BCUT2D eigenvalue weighted by Crippen LogP contribution is 2.15. The molecule has 2 rings (SSSR count). The highest BCUT2D eigenvalue weighted by molar-refractivity contribution is 5.84. The van der Waals surface area contributed by atoms with Crippen molar-refractivity contribution in [2.45, 2.75) is 0 Å². The topological polar surface area (TPSA) is 26.2 Å². The standard InChI is InChI=1S/C10H10N2/c1-11-10-3-2-8-4-5-12-7-9(8)6-10/h2-7,11H,1H3/p+1. The van der Waals surface area contributed by atoms with Crippen molar-refractivity contribution in [3.05, 3.63) is 36.7 Å². The van der Waals surface area contributed by atoms with Crippen molar-refractivity contribution >= 4 is 16.5 Å². The SMILES string of the molecule is CNc1ccc2cc[nH+]cc2c1. The molecule has 2 N–H and O–H groups in total. The van der Waals surface area contributed by atoms with Crippen LogP contribution in [0.25, 0.3) is 10.8 Å². The number of pyridine rings is 1. The van der Waals surface area contributed by atoms with E-state index in [2.05, 4.69) is 34.6 Å². The zero-order chi connectivity index (χ0) is 8.39. The summed E-state index contributed by atoms with van der Waals surface area (Å²) < 4.78 is 0. The fourth-order valence-corrected chi connectivity index (χ4v) is 1.28. The maximum Gasteiger partial charge on any atom is 0.174 e. The zero-order valence-corrected chi connectivity index (χ0v) is 6.96. The van der Waals surface area contributed by atoms with E-state index >= 15 is 0 Å². The molecule has 12 heavy (non-hydrogen) atoms. The van der Waals surface area contributed by atoms with E-state index in [1.165, 1.54) is 10.8 Å².